The van der Waals surface area contributed by atoms with E-state index in [1.807, 2.05) is 55.5 Å². The summed E-state index contributed by atoms with van der Waals surface area (Å²) in [6, 6.07) is 17.3. The van der Waals surface area contributed by atoms with Gasteiger partial charge in [0.1, 0.15) is 5.75 Å². The van der Waals surface area contributed by atoms with Crippen LogP contribution >= 0.6 is 15.9 Å². The van der Waals surface area contributed by atoms with Gasteiger partial charge in [0.05, 0.1) is 12.8 Å². The van der Waals surface area contributed by atoms with E-state index in [-0.39, 0.29) is 11.9 Å². The Kier molecular flexibility index (Phi) is 5.73. The minimum atomic E-state index is -0.179. The smallest absolute Gasteiger partial charge is 0.272 e. The Morgan fingerprint density at radius 2 is 1.85 bits per heavy atom. The molecule has 1 N–H and O–H groups in total. The lowest BCUT2D eigenvalue weighted by Crippen LogP contribution is -2.34. The number of amides is 1. The number of rotatable bonds is 6. The molecular formula is C20H20BrN3O2. The van der Waals surface area contributed by atoms with E-state index in [4.69, 9.17) is 4.74 Å². The molecule has 0 saturated heterocycles. The summed E-state index contributed by atoms with van der Waals surface area (Å²) in [5.41, 5.74) is 2.43. The van der Waals surface area contributed by atoms with Crippen LogP contribution in [0.4, 0.5) is 0 Å². The third-order valence-corrected chi connectivity index (χ3v) is 4.52. The minimum Gasteiger partial charge on any atom is -0.497 e. The molecule has 1 amide bonds. The molecule has 0 bridgehead atoms. The van der Waals surface area contributed by atoms with Crippen molar-refractivity contribution in [2.45, 2.75) is 19.4 Å². The van der Waals surface area contributed by atoms with Gasteiger partial charge in [-0.3, -0.25) is 4.79 Å². The molecule has 1 heterocycles. The lowest BCUT2D eigenvalue weighted by Gasteiger charge is -2.13. The van der Waals surface area contributed by atoms with Gasteiger partial charge >= 0.3 is 0 Å². The van der Waals surface area contributed by atoms with Crippen molar-refractivity contribution in [1.82, 2.24) is 15.1 Å². The summed E-state index contributed by atoms with van der Waals surface area (Å²) in [6.45, 7) is 1.99. The molecule has 0 radical (unpaired) electrons. The third kappa shape index (κ3) is 4.52. The van der Waals surface area contributed by atoms with E-state index in [2.05, 4.69) is 26.3 Å². The van der Waals surface area contributed by atoms with E-state index in [0.29, 0.717) is 5.69 Å². The van der Waals surface area contributed by atoms with Gasteiger partial charge in [-0.1, -0.05) is 28.1 Å². The highest BCUT2D eigenvalue weighted by Gasteiger charge is 2.13. The number of hydrogen-bond acceptors (Lipinski definition) is 3. The van der Waals surface area contributed by atoms with Crippen molar-refractivity contribution in [3.63, 3.8) is 0 Å². The van der Waals surface area contributed by atoms with Crippen LogP contribution in [0.3, 0.4) is 0 Å². The van der Waals surface area contributed by atoms with Gasteiger partial charge in [-0.25, -0.2) is 4.68 Å². The number of hydrogen-bond donors (Lipinski definition) is 1. The average molecular weight is 414 g/mol. The second kappa shape index (κ2) is 8.19. The van der Waals surface area contributed by atoms with Crippen LogP contribution < -0.4 is 10.1 Å². The number of halogens is 1. The molecule has 0 spiro atoms. The molecule has 2 aromatic carbocycles. The lowest BCUT2D eigenvalue weighted by molar-refractivity contribution is 0.0934. The van der Waals surface area contributed by atoms with Crippen molar-refractivity contribution in [3.8, 4) is 11.4 Å². The average Bonchev–Trinajstić information content (AvgIpc) is 3.14. The van der Waals surface area contributed by atoms with E-state index in [9.17, 15) is 4.79 Å². The van der Waals surface area contributed by atoms with Crippen LogP contribution in [0.5, 0.6) is 5.75 Å². The van der Waals surface area contributed by atoms with Gasteiger partial charge in [0.2, 0.25) is 0 Å². The second-order valence-electron chi connectivity index (χ2n) is 6.05. The quantitative estimate of drug-likeness (QED) is 0.664. The molecule has 26 heavy (non-hydrogen) atoms. The van der Waals surface area contributed by atoms with Crippen LogP contribution in [-0.2, 0) is 6.42 Å². The predicted octanol–water partition coefficient (Wildman–Crippen LogP) is 4.00. The molecule has 0 aliphatic heterocycles. The Hall–Kier alpha value is -2.60. The van der Waals surface area contributed by atoms with Crippen molar-refractivity contribution in [2.75, 3.05) is 7.11 Å². The van der Waals surface area contributed by atoms with Crippen molar-refractivity contribution in [3.05, 3.63) is 76.5 Å². The normalized spacial score (nSPS) is 11.8. The van der Waals surface area contributed by atoms with Gasteiger partial charge in [-0.2, -0.15) is 5.10 Å². The van der Waals surface area contributed by atoms with Gasteiger partial charge in [-0.15, -0.1) is 0 Å². The summed E-state index contributed by atoms with van der Waals surface area (Å²) < 4.78 is 7.87. The second-order valence-corrected chi connectivity index (χ2v) is 6.96. The first-order valence-electron chi connectivity index (χ1n) is 8.30. The van der Waals surface area contributed by atoms with E-state index in [1.54, 1.807) is 24.1 Å². The number of methoxy groups -OCH3 is 1. The Labute approximate surface area is 161 Å². The number of nitrogens with one attached hydrogen (secondary N) is 1. The third-order valence-electron chi connectivity index (χ3n) is 3.99. The summed E-state index contributed by atoms with van der Waals surface area (Å²) in [5, 5.41) is 7.36. The zero-order valence-corrected chi connectivity index (χ0v) is 16.2. The molecule has 1 unspecified atom stereocenters. The zero-order valence-electron chi connectivity index (χ0n) is 14.6. The molecule has 0 aliphatic carbocycles. The van der Waals surface area contributed by atoms with Crippen LogP contribution in [0.25, 0.3) is 5.69 Å². The molecular weight excluding hydrogens is 394 g/mol. The number of aromatic nitrogens is 2. The molecule has 0 aliphatic rings. The number of carbonyl (C=O) groups excluding carboxylic acids is 1. The monoisotopic (exact) mass is 413 g/mol. The van der Waals surface area contributed by atoms with E-state index in [1.165, 1.54) is 5.56 Å². The molecule has 0 fully saturated rings. The molecule has 6 heteroatoms. The maximum absolute atomic E-state index is 12.4. The van der Waals surface area contributed by atoms with Crippen molar-refractivity contribution in [2.24, 2.45) is 0 Å². The van der Waals surface area contributed by atoms with Crippen LogP contribution in [0.2, 0.25) is 0 Å². The summed E-state index contributed by atoms with van der Waals surface area (Å²) >= 11 is 3.42. The Morgan fingerprint density at radius 1 is 1.15 bits per heavy atom. The molecule has 0 saturated carbocycles. The molecule has 3 aromatic rings. The largest absolute Gasteiger partial charge is 0.497 e. The van der Waals surface area contributed by atoms with Crippen LogP contribution in [-0.4, -0.2) is 28.8 Å². The maximum atomic E-state index is 12.4. The lowest BCUT2D eigenvalue weighted by atomic mass is 10.1. The number of nitrogens with zero attached hydrogens (tertiary/aromatic N) is 2. The molecule has 3 rings (SSSR count). The summed E-state index contributed by atoms with van der Waals surface area (Å²) in [6.07, 6.45) is 2.54. The SMILES string of the molecule is COc1ccc(-n2ccc(C(=O)NC(C)Cc3ccc(Br)cc3)n2)cc1. The Bertz CT molecular complexity index is 873. The number of carbonyl (C=O) groups is 1. The first-order chi connectivity index (χ1) is 12.5. The Balaban J connectivity index is 1.62. The standard InChI is InChI=1S/C20H20BrN3O2/c1-14(13-15-3-5-16(21)6-4-15)22-20(25)19-11-12-24(23-19)17-7-9-18(26-2)10-8-17/h3-12,14H,13H2,1-2H3,(H,22,25). The van der Waals surface area contributed by atoms with E-state index < -0.39 is 0 Å². The fraction of sp³-hybridized carbons (Fsp3) is 0.200. The van der Waals surface area contributed by atoms with E-state index >= 15 is 0 Å². The van der Waals surface area contributed by atoms with Gasteiger partial charge < -0.3 is 10.1 Å². The Morgan fingerprint density at radius 3 is 2.50 bits per heavy atom. The topological polar surface area (TPSA) is 56.1 Å². The maximum Gasteiger partial charge on any atom is 0.272 e. The highest BCUT2D eigenvalue weighted by atomic mass is 79.9. The first kappa shape index (κ1) is 18.2. The van der Waals surface area contributed by atoms with Gasteiger partial charge in [-0.05, 0) is 61.4 Å². The molecule has 134 valence electrons. The number of ether oxygens (including phenoxy) is 1. The van der Waals surface area contributed by atoms with Crippen LogP contribution in [0, 0.1) is 0 Å². The molecule has 5 nitrogen and oxygen atoms in total. The fourth-order valence-corrected chi connectivity index (χ4v) is 2.91. The van der Waals surface area contributed by atoms with E-state index in [0.717, 1.165) is 22.3 Å². The predicted molar refractivity (Wildman–Crippen MR) is 105 cm³/mol. The summed E-state index contributed by atoms with van der Waals surface area (Å²) in [5.74, 6) is 0.600. The summed E-state index contributed by atoms with van der Waals surface area (Å²) in [7, 11) is 1.63. The summed E-state index contributed by atoms with van der Waals surface area (Å²) in [4.78, 5) is 12.4. The fourth-order valence-electron chi connectivity index (χ4n) is 2.65. The highest BCUT2D eigenvalue weighted by molar-refractivity contribution is 9.10. The molecule has 1 aromatic heterocycles. The van der Waals surface area contributed by atoms with Gasteiger partial charge in [0, 0.05) is 16.7 Å². The van der Waals surface area contributed by atoms with Crippen LogP contribution in [0.1, 0.15) is 23.0 Å². The van der Waals surface area contributed by atoms with Crippen molar-refractivity contribution >= 4 is 21.8 Å². The van der Waals surface area contributed by atoms with Gasteiger partial charge in [0.15, 0.2) is 5.69 Å². The van der Waals surface area contributed by atoms with Crippen molar-refractivity contribution < 1.29 is 9.53 Å². The minimum absolute atomic E-state index is 0.00909. The number of benzene rings is 2. The van der Waals surface area contributed by atoms with Crippen molar-refractivity contribution in [1.29, 1.82) is 0 Å². The first-order valence-corrected chi connectivity index (χ1v) is 9.10. The zero-order chi connectivity index (χ0) is 18.5. The highest BCUT2D eigenvalue weighted by Crippen LogP contribution is 2.15. The van der Waals surface area contributed by atoms with Gasteiger partial charge in [0.25, 0.3) is 5.91 Å². The van der Waals surface area contributed by atoms with Crippen LogP contribution in [0.15, 0.2) is 65.3 Å². The molecule has 1 atom stereocenters.